The van der Waals surface area contributed by atoms with Gasteiger partial charge in [-0.25, -0.2) is 0 Å². The molecule has 0 spiro atoms. The topological polar surface area (TPSA) is 52.6 Å². The van der Waals surface area contributed by atoms with Crippen LogP contribution in [0.15, 0.2) is 24.3 Å². The highest BCUT2D eigenvalue weighted by Crippen LogP contribution is 2.32. The van der Waals surface area contributed by atoms with Crippen LogP contribution < -0.4 is 10.2 Å². The molecule has 1 aromatic rings. The van der Waals surface area contributed by atoms with Crippen molar-refractivity contribution in [3.05, 3.63) is 29.3 Å². The van der Waals surface area contributed by atoms with E-state index in [2.05, 4.69) is 5.32 Å². The molecule has 0 radical (unpaired) electrons. The summed E-state index contributed by atoms with van der Waals surface area (Å²) in [6.07, 6.45) is 0. The fourth-order valence-corrected chi connectivity index (χ4v) is 5.04. The maximum atomic E-state index is 11.8. The quantitative estimate of drug-likeness (QED) is 0.611. The second kappa shape index (κ2) is 4.16. The maximum absolute atomic E-state index is 11.8. The van der Waals surface area contributed by atoms with E-state index in [4.69, 9.17) is 23.8 Å². The van der Waals surface area contributed by atoms with Gasteiger partial charge in [0, 0.05) is 10.7 Å². The normalized spacial score (nSPS) is 34.6. The fourth-order valence-electron chi connectivity index (χ4n) is 2.55. The highest BCUT2D eigenvalue weighted by atomic mass is 35.5. The van der Waals surface area contributed by atoms with Crippen molar-refractivity contribution in [1.82, 2.24) is 5.32 Å². The van der Waals surface area contributed by atoms with E-state index in [0.29, 0.717) is 10.1 Å². The van der Waals surface area contributed by atoms with Crippen molar-refractivity contribution in [1.29, 1.82) is 0 Å². The molecule has 0 saturated carbocycles. The molecule has 2 aliphatic rings. The summed E-state index contributed by atoms with van der Waals surface area (Å²) in [4.78, 5) is 1.90. The smallest absolute Gasteiger partial charge is 0.218 e. The summed E-state index contributed by atoms with van der Waals surface area (Å²) in [7, 11) is -2.73. The first kappa shape index (κ1) is 12.3. The molecular formula is C11H12ClN2O2S2+. The van der Waals surface area contributed by atoms with Crippen LogP contribution in [0.25, 0.3) is 0 Å². The lowest BCUT2D eigenvalue weighted by atomic mass is 10.1. The average molecular weight is 304 g/mol. The summed E-state index contributed by atoms with van der Waals surface area (Å²) in [5, 5.41) is 4.34. The van der Waals surface area contributed by atoms with E-state index in [-0.39, 0.29) is 23.6 Å². The number of fused-ring (bicyclic) bond motifs is 1. The number of rotatable bonds is 1. The number of hydrogen-bond donors (Lipinski definition) is 2. The van der Waals surface area contributed by atoms with Gasteiger partial charge in [-0.05, 0) is 30.4 Å². The molecule has 0 bridgehead atoms. The molecule has 2 fully saturated rings. The van der Waals surface area contributed by atoms with Gasteiger partial charge < -0.3 is 10.2 Å². The summed E-state index contributed by atoms with van der Waals surface area (Å²) in [6.45, 7) is 0. The van der Waals surface area contributed by atoms with Gasteiger partial charge in [-0.15, -0.1) is 0 Å². The predicted molar refractivity (Wildman–Crippen MR) is 77.7 cm³/mol. The zero-order chi connectivity index (χ0) is 12.9. The van der Waals surface area contributed by atoms with Gasteiger partial charge in [0.1, 0.15) is 12.1 Å². The first-order chi connectivity index (χ1) is 8.46. The fraction of sp³-hybridized carbons (Fsp3) is 0.364. The van der Waals surface area contributed by atoms with Crippen LogP contribution in [0.5, 0.6) is 0 Å². The lowest BCUT2D eigenvalue weighted by molar-refractivity contribution is 0.502. The third-order valence-electron chi connectivity index (χ3n) is 3.28. The summed E-state index contributed by atoms with van der Waals surface area (Å²) in [5.41, 5.74) is 0.865. The van der Waals surface area contributed by atoms with Gasteiger partial charge >= 0.3 is 0 Å². The number of nitrogens with one attached hydrogen (secondary N) is 1. The van der Waals surface area contributed by atoms with Gasteiger partial charge in [-0.1, -0.05) is 21.9 Å². The predicted octanol–water partition coefficient (Wildman–Crippen LogP) is 1.76. The van der Waals surface area contributed by atoms with Crippen molar-refractivity contribution in [3.63, 3.8) is 0 Å². The Kier molecular flexibility index (Phi) is 2.85. The van der Waals surface area contributed by atoms with Gasteiger partial charge in [0.2, 0.25) is 10.2 Å². The minimum absolute atomic E-state index is 0.0472. The van der Waals surface area contributed by atoms with E-state index in [9.17, 15) is 8.76 Å². The largest absolute Gasteiger partial charge is 0.352 e. The van der Waals surface area contributed by atoms with E-state index >= 15 is 0 Å². The molecular weight excluding hydrogens is 292 g/mol. The number of anilines is 1. The molecule has 2 heterocycles. The molecule has 0 amide bonds. The standard InChI is InChI=1S/C11H11ClN2O2S2/c12-7-2-1-3-8(4-7)14-10-6-18(15,16)5-9(10)13-11(14)17/h1-4,9-10H,5-6H2,(H-,13,15,16,17)/p+1/t9-,10-/m0/s1. The minimum Gasteiger partial charge on any atom is -0.352 e. The Hall–Kier alpha value is -0.690. The van der Waals surface area contributed by atoms with Crippen LogP contribution in [-0.4, -0.2) is 33.3 Å². The molecule has 1 aromatic carbocycles. The molecule has 3 rings (SSSR count). The van der Waals surface area contributed by atoms with Crippen molar-refractivity contribution in [2.75, 3.05) is 16.4 Å². The van der Waals surface area contributed by atoms with Crippen LogP contribution in [-0.2, 0) is 14.4 Å². The highest BCUT2D eigenvalue weighted by molar-refractivity contribution is 7.98. The molecule has 0 aromatic heterocycles. The molecule has 4 nitrogen and oxygen atoms in total. The van der Waals surface area contributed by atoms with E-state index in [1.165, 1.54) is 0 Å². The molecule has 3 atom stereocenters. The van der Waals surface area contributed by atoms with Crippen LogP contribution in [0.2, 0.25) is 5.02 Å². The van der Waals surface area contributed by atoms with Crippen LogP contribution >= 0.6 is 23.8 Å². The Morgan fingerprint density at radius 3 is 3.00 bits per heavy atom. The molecule has 96 valence electrons. The summed E-state index contributed by atoms with van der Waals surface area (Å²) < 4.78 is 21.5. The number of thiocarbonyl (C=S) groups is 1. The van der Waals surface area contributed by atoms with Gasteiger partial charge in [-0.2, -0.15) is 4.55 Å². The third kappa shape index (κ3) is 2.03. The molecule has 1 unspecified atom stereocenters. The Bertz CT molecular complexity index is 566. The van der Waals surface area contributed by atoms with Gasteiger partial charge in [-0.3, -0.25) is 0 Å². The zero-order valence-electron chi connectivity index (χ0n) is 9.38. The Balaban J connectivity index is 1.97. The van der Waals surface area contributed by atoms with Crippen molar-refractivity contribution >= 4 is 44.8 Å². The van der Waals surface area contributed by atoms with E-state index in [1.54, 1.807) is 6.07 Å². The van der Waals surface area contributed by atoms with Crippen molar-refractivity contribution in [2.45, 2.75) is 12.1 Å². The number of halogens is 1. The number of benzene rings is 1. The monoisotopic (exact) mass is 303 g/mol. The van der Waals surface area contributed by atoms with Crippen LogP contribution in [0.1, 0.15) is 0 Å². The Morgan fingerprint density at radius 1 is 1.50 bits per heavy atom. The average Bonchev–Trinajstić information content (AvgIpc) is 2.68. The van der Waals surface area contributed by atoms with Crippen LogP contribution in [0, 0.1) is 0 Å². The Labute approximate surface area is 117 Å². The molecule has 7 heteroatoms. The lowest BCUT2D eigenvalue weighted by Crippen LogP contribution is -2.37. The minimum atomic E-state index is -2.73. The van der Waals surface area contributed by atoms with Crippen molar-refractivity contribution in [2.24, 2.45) is 0 Å². The van der Waals surface area contributed by atoms with Crippen LogP contribution in [0.4, 0.5) is 5.69 Å². The third-order valence-corrected chi connectivity index (χ3v) is 5.57. The molecule has 2 N–H and O–H groups in total. The number of nitrogens with zero attached hydrogens (tertiary/aromatic N) is 1. The van der Waals surface area contributed by atoms with Crippen molar-refractivity contribution in [3.8, 4) is 0 Å². The van der Waals surface area contributed by atoms with E-state index in [0.717, 1.165) is 5.69 Å². The van der Waals surface area contributed by atoms with Gasteiger partial charge in [0.15, 0.2) is 16.6 Å². The molecule has 18 heavy (non-hydrogen) atoms. The molecule has 2 saturated heterocycles. The summed E-state index contributed by atoms with van der Waals surface area (Å²) in [5.74, 6) is 0.506. The van der Waals surface area contributed by atoms with Gasteiger partial charge in [0.05, 0.1) is 0 Å². The van der Waals surface area contributed by atoms with Crippen LogP contribution in [0.3, 0.4) is 0 Å². The summed E-state index contributed by atoms with van der Waals surface area (Å²) >= 11 is 11.3. The summed E-state index contributed by atoms with van der Waals surface area (Å²) in [6, 6.07) is 7.25. The SMILES string of the molecule is O=[S+]1(O)C[C@@H]2NC(=S)N(c3cccc(Cl)c3)[C@H]2C1. The maximum Gasteiger partial charge on any atom is 0.218 e. The second-order valence-electron chi connectivity index (χ2n) is 4.58. The second-order valence-corrected chi connectivity index (χ2v) is 7.61. The molecule has 0 aliphatic carbocycles. The number of hydrogen-bond acceptors (Lipinski definition) is 2. The lowest BCUT2D eigenvalue weighted by Gasteiger charge is -2.22. The first-order valence-electron chi connectivity index (χ1n) is 5.53. The zero-order valence-corrected chi connectivity index (χ0v) is 11.8. The van der Waals surface area contributed by atoms with Gasteiger partial charge in [0.25, 0.3) is 0 Å². The molecule has 2 aliphatic heterocycles. The van der Waals surface area contributed by atoms with E-state index < -0.39 is 10.2 Å². The Morgan fingerprint density at radius 2 is 2.28 bits per heavy atom. The van der Waals surface area contributed by atoms with Crippen molar-refractivity contribution < 1.29 is 8.76 Å². The highest BCUT2D eigenvalue weighted by Gasteiger charge is 2.54. The first-order valence-corrected chi connectivity index (χ1v) is 8.17. The van der Waals surface area contributed by atoms with E-state index in [1.807, 2.05) is 23.1 Å².